The summed E-state index contributed by atoms with van der Waals surface area (Å²) in [5.41, 5.74) is 4.74. The summed E-state index contributed by atoms with van der Waals surface area (Å²) < 4.78 is 27.9. The Labute approximate surface area is 187 Å². The molecular formula is C24H23ClN2O3S. The molecule has 0 aromatic heterocycles. The van der Waals surface area contributed by atoms with E-state index in [9.17, 15) is 13.2 Å². The number of fused-ring (bicyclic) bond motifs is 1. The molecule has 5 nitrogen and oxygen atoms in total. The molecule has 0 fully saturated rings. The maximum atomic E-state index is 13.3. The highest BCUT2D eigenvalue weighted by molar-refractivity contribution is 7.92. The van der Waals surface area contributed by atoms with Crippen molar-refractivity contribution in [3.05, 3.63) is 87.9 Å². The number of sulfonamides is 1. The minimum Gasteiger partial charge on any atom is -0.322 e. The van der Waals surface area contributed by atoms with E-state index < -0.39 is 10.0 Å². The predicted octanol–water partition coefficient (Wildman–Crippen LogP) is 5.35. The topological polar surface area (TPSA) is 66.5 Å². The molecule has 0 radical (unpaired) electrons. The Hall–Kier alpha value is -2.83. The van der Waals surface area contributed by atoms with Crippen LogP contribution in [0.5, 0.6) is 0 Å². The van der Waals surface area contributed by atoms with E-state index in [-0.39, 0.29) is 16.8 Å². The normalized spacial score (nSPS) is 15.6. The molecular weight excluding hydrogens is 432 g/mol. The number of nitrogens with zero attached hydrogens (tertiary/aromatic N) is 1. The quantitative estimate of drug-likeness (QED) is 0.577. The molecule has 1 aliphatic rings. The summed E-state index contributed by atoms with van der Waals surface area (Å²) in [6, 6.07) is 17.0. The summed E-state index contributed by atoms with van der Waals surface area (Å²) in [7, 11) is -3.74. The van der Waals surface area contributed by atoms with Crippen molar-refractivity contribution in [2.24, 2.45) is 0 Å². The van der Waals surface area contributed by atoms with Crippen LogP contribution in [0.15, 0.2) is 65.6 Å². The maximum absolute atomic E-state index is 13.3. The molecule has 0 bridgehead atoms. The first-order chi connectivity index (χ1) is 14.7. The average Bonchev–Trinajstić information content (AvgIpc) is 3.06. The van der Waals surface area contributed by atoms with Gasteiger partial charge in [-0.1, -0.05) is 23.7 Å². The molecule has 1 aliphatic heterocycles. The molecule has 0 unspecified atom stereocenters. The first-order valence-electron chi connectivity index (χ1n) is 9.98. The van der Waals surface area contributed by atoms with E-state index in [1.165, 1.54) is 16.4 Å². The molecule has 160 valence electrons. The summed E-state index contributed by atoms with van der Waals surface area (Å²) >= 11 is 5.91. The second-order valence-corrected chi connectivity index (χ2v) is 10.2. The standard InChI is InChI=1S/C24H23ClN2O3S/c1-15-4-5-16(2)22(12-15)26-24(28)18-6-11-23-19(14-18)13-17(3)27(23)31(29,30)21-9-7-20(25)8-10-21/h4-12,14,17H,13H2,1-3H3,(H,26,28)/t17-/m1/s1. The molecule has 1 heterocycles. The van der Waals surface area contributed by atoms with Gasteiger partial charge in [0.2, 0.25) is 0 Å². The van der Waals surface area contributed by atoms with Crippen LogP contribution in [0.2, 0.25) is 5.02 Å². The molecule has 0 spiro atoms. The van der Waals surface area contributed by atoms with E-state index in [1.807, 2.05) is 39.0 Å². The highest BCUT2D eigenvalue weighted by Gasteiger charge is 2.36. The second kappa shape index (κ2) is 8.02. The Balaban J connectivity index is 1.64. The molecule has 3 aromatic rings. The number of nitrogens with one attached hydrogen (secondary N) is 1. The van der Waals surface area contributed by atoms with Crippen molar-refractivity contribution in [3.8, 4) is 0 Å². The monoisotopic (exact) mass is 454 g/mol. The zero-order valence-electron chi connectivity index (χ0n) is 17.5. The largest absolute Gasteiger partial charge is 0.322 e. The maximum Gasteiger partial charge on any atom is 0.264 e. The van der Waals surface area contributed by atoms with Gasteiger partial charge in [-0.15, -0.1) is 0 Å². The van der Waals surface area contributed by atoms with Crippen LogP contribution in [0.4, 0.5) is 11.4 Å². The number of halogens is 1. The minimum absolute atomic E-state index is 0.188. The van der Waals surface area contributed by atoms with Crippen molar-refractivity contribution in [2.45, 2.75) is 38.1 Å². The summed E-state index contributed by atoms with van der Waals surface area (Å²) in [5, 5.41) is 3.44. The SMILES string of the molecule is Cc1ccc(C)c(NC(=O)c2ccc3c(c2)C[C@@H](C)N3S(=O)(=O)c2ccc(Cl)cc2)c1. The molecule has 7 heteroatoms. The molecule has 0 saturated carbocycles. The number of hydrogen-bond acceptors (Lipinski definition) is 3. The van der Waals surface area contributed by atoms with Crippen LogP contribution in [0.25, 0.3) is 0 Å². The fourth-order valence-electron chi connectivity index (χ4n) is 3.90. The lowest BCUT2D eigenvalue weighted by molar-refractivity contribution is 0.102. The summed E-state index contributed by atoms with van der Waals surface area (Å²) in [6.07, 6.45) is 0.534. The van der Waals surface area contributed by atoms with Gasteiger partial charge in [-0.2, -0.15) is 0 Å². The molecule has 1 amide bonds. The Kier molecular flexibility index (Phi) is 5.54. The number of anilines is 2. The van der Waals surface area contributed by atoms with Crippen molar-refractivity contribution in [2.75, 3.05) is 9.62 Å². The van der Waals surface area contributed by atoms with Crippen LogP contribution in [0.3, 0.4) is 0 Å². The Bertz CT molecular complexity index is 1270. The molecule has 31 heavy (non-hydrogen) atoms. The van der Waals surface area contributed by atoms with Crippen molar-refractivity contribution >= 4 is 38.9 Å². The van der Waals surface area contributed by atoms with Crippen LogP contribution < -0.4 is 9.62 Å². The van der Waals surface area contributed by atoms with Crippen LogP contribution in [-0.4, -0.2) is 20.4 Å². The van der Waals surface area contributed by atoms with Crippen LogP contribution in [0, 0.1) is 13.8 Å². The number of carbonyl (C=O) groups excluding carboxylic acids is 1. The Morgan fingerprint density at radius 1 is 1.03 bits per heavy atom. The Morgan fingerprint density at radius 3 is 2.45 bits per heavy atom. The number of rotatable bonds is 4. The number of carbonyl (C=O) groups is 1. The van der Waals surface area contributed by atoms with Gasteiger partial charge in [-0.3, -0.25) is 9.10 Å². The average molecular weight is 455 g/mol. The lowest BCUT2D eigenvalue weighted by Crippen LogP contribution is -2.35. The summed E-state index contributed by atoms with van der Waals surface area (Å²) in [4.78, 5) is 13.0. The molecule has 0 aliphatic carbocycles. The third kappa shape index (κ3) is 4.05. The highest BCUT2D eigenvalue weighted by Crippen LogP contribution is 2.37. The van der Waals surface area contributed by atoms with E-state index in [0.717, 1.165) is 22.4 Å². The number of hydrogen-bond donors (Lipinski definition) is 1. The first-order valence-corrected chi connectivity index (χ1v) is 11.8. The van der Waals surface area contributed by atoms with E-state index in [4.69, 9.17) is 11.6 Å². The molecule has 4 rings (SSSR count). The van der Waals surface area contributed by atoms with Crippen molar-refractivity contribution < 1.29 is 13.2 Å². The molecule has 1 N–H and O–H groups in total. The smallest absolute Gasteiger partial charge is 0.264 e. The molecule has 0 saturated heterocycles. The number of aryl methyl sites for hydroxylation is 2. The fraction of sp³-hybridized carbons (Fsp3) is 0.208. The van der Waals surface area contributed by atoms with Gasteiger partial charge in [0.15, 0.2) is 0 Å². The van der Waals surface area contributed by atoms with Crippen molar-refractivity contribution in [1.29, 1.82) is 0 Å². The van der Waals surface area contributed by atoms with Gasteiger partial charge in [-0.05, 0) is 92.4 Å². The fourth-order valence-corrected chi connectivity index (χ4v) is 5.71. The van der Waals surface area contributed by atoms with Crippen molar-refractivity contribution in [1.82, 2.24) is 0 Å². The zero-order valence-corrected chi connectivity index (χ0v) is 19.1. The van der Waals surface area contributed by atoms with E-state index >= 15 is 0 Å². The van der Waals surface area contributed by atoms with Gasteiger partial charge >= 0.3 is 0 Å². The number of amides is 1. The van der Waals surface area contributed by atoms with E-state index in [2.05, 4.69) is 5.32 Å². The van der Waals surface area contributed by atoms with Crippen molar-refractivity contribution in [3.63, 3.8) is 0 Å². The summed E-state index contributed by atoms with van der Waals surface area (Å²) in [5.74, 6) is -0.219. The first kappa shape index (κ1) is 21.4. The van der Waals surface area contributed by atoms with Gasteiger partial charge in [0, 0.05) is 22.3 Å². The minimum atomic E-state index is -3.74. The lowest BCUT2D eigenvalue weighted by atomic mass is 10.1. The van der Waals surface area contributed by atoms with Gasteiger partial charge in [0.25, 0.3) is 15.9 Å². The predicted molar refractivity (Wildman–Crippen MR) is 125 cm³/mol. The van der Waals surface area contributed by atoms with Gasteiger partial charge in [0.1, 0.15) is 0 Å². The Morgan fingerprint density at radius 2 is 1.74 bits per heavy atom. The van der Waals surface area contributed by atoms with Gasteiger partial charge in [-0.25, -0.2) is 8.42 Å². The van der Waals surface area contributed by atoms with Crippen LogP contribution in [-0.2, 0) is 16.4 Å². The lowest BCUT2D eigenvalue weighted by Gasteiger charge is -2.24. The highest BCUT2D eigenvalue weighted by atomic mass is 35.5. The van der Waals surface area contributed by atoms with Crippen LogP contribution >= 0.6 is 11.6 Å². The summed E-state index contributed by atoms with van der Waals surface area (Å²) in [6.45, 7) is 5.78. The van der Waals surface area contributed by atoms with Gasteiger partial charge in [0.05, 0.1) is 10.6 Å². The molecule has 1 atom stereocenters. The van der Waals surface area contributed by atoms with Crippen LogP contribution in [0.1, 0.15) is 34.0 Å². The van der Waals surface area contributed by atoms with E-state index in [0.29, 0.717) is 22.7 Å². The van der Waals surface area contributed by atoms with E-state index in [1.54, 1.807) is 30.3 Å². The third-order valence-corrected chi connectivity index (χ3v) is 7.70. The molecule has 3 aromatic carbocycles. The third-order valence-electron chi connectivity index (χ3n) is 5.51. The zero-order chi connectivity index (χ0) is 22.3. The second-order valence-electron chi connectivity index (χ2n) is 7.92. The number of benzene rings is 3. The van der Waals surface area contributed by atoms with Gasteiger partial charge < -0.3 is 5.32 Å².